The Labute approximate surface area is 109 Å². The Bertz CT molecular complexity index is 623. The fraction of sp³-hybridized carbons (Fsp3) is 0.214. The predicted octanol–water partition coefficient (Wildman–Crippen LogP) is 3.67. The summed E-state index contributed by atoms with van der Waals surface area (Å²) >= 11 is 1.74. The molecule has 0 unspecified atom stereocenters. The molecule has 0 bridgehead atoms. The third-order valence-electron chi connectivity index (χ3n) is 2.86. The topological polar surface area (TPSA) is 38.1 Å². The van der Waals surface area contributed by atoms with E-state index in [1.807, 2.05) is 0 Å². The minimum absolute atomic E-state index is 0.795. The van der Waals surface area contributed by atoms with Gasteiger partial charge in [0.2, 0.25) is 0 Å². The Morgan fingerprint density at radius 1 is 1.33 bits per heavy atom. The van der Waals surface area contributed by atoms with Gasteiger partial charge in [-0.1, -0.05) is 30.3 Å². The van der Waals surface area contributed by atoms with Crippen LogP contribution in [-0.4, -0.2) is 11.7 Å². The van der Waals surface area contributed by atoms with E-state index in [0.717, 1.165) is 29.3 Å². The number of nitrogens with one attached hydrogen (secondary N) is 1. The zero-order valence-electron chi connectivity index (χ0n) is 10.1. The molecular weight excluding hydrogens is 244 g/mol. The quantitative estimate of drug-likeness (QED) is 0.776. The molecule has 18 heavy (non-hydrogen) atoms. The summed E-state index contributed by atoms with van der Waals surface area (Å²) in [5, 5.41) is 8.47. The van der Waals surface area contributed by atoms with E-state index in [4.69, 9.17) is 4.52 Å². The lowest BCUT2D eigenvalue weighted by Gasteiger charge is -1.99. The van der Waals surface area contributed by atoms with E-state index < -0.39 is 0 Å². The van der Waals surface area contributed by atoms with Gasteiger partial charge in [-0.2, -0.15) is 0 Å². The van der Waals surface area contributed by atoms with Gasteiger partial charge in [-0.05, 0) is 24.1 Å². The molecule has 4 heteroatoms. The molecule has 0 atom stereocenters. The van der Waals surface area contributed by atoms with E-state index in [1.54, 1.807) is 17.5 Å². The number of fused-ring (bicyclic) bond motifs is 1. The first-order chi connectivity index (χ1) is 8.88. The van der Waals surface area contributed by atoms with E-state index in [2.05, 4.69) is 47.7 Å². The molecule has 1 aromatic carbocycles. The first-order valence-electron chi connectivity index (χ1n) is 6.01. The van der Waals surface area contributed by atoms with Gasteiger partial charge < -0.3 is 9.84 Å². The van der Waals surface area contributed by atoms with Crippen molar-refractivity contribution >= 4 is 21.4 Å². The molecule has 0 aliphatic carbocycles. The van der Waals surface area contributed by atoms with Crippen LogP contribution in [0.4, 0.5) is 0 Å². The highest BCUT2D eigenvalue weighted by Gasteiger charge is 2.13. The van der Waals surface area contributed by atoms with Crippen LogP contribution < -0.4 is 5.32 Å². The van der Waals surface area contributed by atoms with Gasteiger partial charge in [0.25, 0.3) is 0 Å². The van der Waals surface area contributed by atoms with E-state index in [1.165, 1.54) is 10.1 Å². The molecule has 0 fully saturated rings. The number of rotatable bonds is 4. The Balaban J connectivity index is 2.01. The Hall–Kier alpha value is -1.65. The molecule has 2 aromatic heterocycles. The number of thiophene rings is 1. The van der Waals surface area contributed by atoms with Crippen molar-refractivity contribution < 1.29 is 4.52 Å². The van der Waals surface area contributed by atoms with Gasteiger partial charge in [0, 0.05) is 16.8 Å². The second kappa shape index (κ2) is 4.92. The van der Waals surface area contributed by atoms with Crippen molar-refractivity contribution in [1.82, 2.24) is 10.5 Å². The molecule has 1 N–H and O–H groups in total. The van der Waals surface area contributed by atoms with Gasteiger partial charge in [-0.25, -0.2) is 0 Å². The minimum Gasteiger partial charge on any atom is -0.355 e. The van der Waals surface area contributed by atoms with Crippen molar-refractivity contribution in [3.63, 3.8) is 0 Å². The van der Waals surface area contributed by atoms with Crippen molar-refractivity contribution in [2.24, 2.45) is 0 Å². The van der Waals surface area contributed by atoms with Gasteiger partial charge in [0.15, 0.2) is 5.76 Å². The van der Waals surface area contributed by atoms with Crippen molar-refractivity contribution in [3.05, 3.63) is 42.1 Å². The summed E-state index contributed by atoms with van der Waals surface area (Å²) in [6.07, 6.45) is 1.79. The molecule has 2 heterocycles. The SMILES string of the molecule is CCNCc1cnoc1-c1cc2ccccc2s1. The second-order valence-corrected chi connectivity index (χ2v) is 5.19. The molecule has 3 aromatic rings. The molecular formula is C14H14N2OS. The van der Waals surface area contributed by atoms with Gasteiger partial charge in [-0.15, -0.1) is 11.3 Å². The third-order valence-corrected chi connectivity index (χ3v) is 3.97. The van der Waals surface area contributed by atoms with Crippen LogP contribution in [0.1, 0.15) is 12.5 Å². The molecule has 92 valence electrons. The lowest BCUT2D eigenvalue weighted by atomic mass is 10.2. The van der Waals surface area contributed by atoms with Crippen LogP contribution in [0.15, 0.2) is 41.1 Å². The molecule has 0 radical (unpaired) electrons. The Morgan fingerprint density at radius 2 is 2.22 bits per heavy atom. The fourth-order valence-corrected chi connectivity index (χ4v) is 3.02. The van der Waals surface area contributed by atoms with Gasteiger partial charge in [0.05, 0.1) is 11.1 Å². The molecule has 0 aliphatic heterocycles. The predicted molar refractivity (Wildman–Crippen MR) is 74.7 cm³/mol. The van der Waals surface area contributed by atoms with Crippen LogP contribution in [0.3, 0.4) is 0 Å². The zero-order chi connectivity index (χ0) is 12.4. The number of aromatic nitrogens is 1. The highest BCUT2D eigenvalue weighted by molar-refractivity contribution is 7.22. The molecule has 0 saturated carbocycles. The van der Waals surface area contributed by atoms with Crippen molar-refractivity contribution in [1.29, 1.82) is 0 Å². The van der Waals surface area contributed by atoms with Crippen LogP contribution in [-0.2, 0) is 6.54 Å². The lowest BCUT2D eigenvalue weighted by Crippen LogP contribution is -2.11. The summed E-state index contributed by atoms with van der Waals surface area (Å²) in [6.45, 7) is 3.83. The summed E-state index contributed by atoms with van der Waals surface area (Å²) in [5.74, 6) is 0.886. The maximum absolute atomic E-state index is 5.40. The summed E-state index contributed by atoms with van der Waals surface area (Å²) in [7, 11) is 0. The second-order valence-electron chi connectivity index (χ2n) is 4.11. The first kappa shape index (κ1) is 11.4. The van der Waals surface area contributed by atoms with E-state index in [0.29, 0.717) is 0 Å². The summed E-state index contributed by atoms with van der Waals surface area (Å²) in [4.78, 5) is 1.14. The van der Waals surface area contributed by atoms with Crippen LogP contribution in [0.5, 0.6) is 0 Å². The van der Waals surface area contributed by atoms with E-state index in [-0.39, 0.29) is 0 Å². The zero-order valence-corrected chi connectivity index (χ0v) is 11.0. The summed E-state index contributed by atoms with van der Waals surface area (Å²) in [6, 6.07) is 10.5. The number of hydrogen-bond acceptors (Lipinski definition) is 4. The van der Waals surface area contributed by atoms with Crippen LogP contribution >= 0.6 is 11.3 Å². The molecule has 3 rings (SSSR count). The molecule has 0 saturated heterocycles. The van der Waals surface area contributed by atoms with Crippen LogP contribution in [0.25, 0.3) is 20.7 Å². The minimum atomic E-state index is 0.795. The maximum Gasteiger partial charge on any atom is 0.181 e. The molecule has 0 aliphatic rings. The smallest absolute Gasteiger partial charge is 0.181 e. The Morgan fingerprint density at radius 3 is 3.06 bits per heavy atom. The maximum atomic E-state index is 5.40. The van der Waals surface area contributed by atoms with Gasteiger partial charge in [0.1, 0.15) is 0 Å². The number of nitrogens with zero attached hydrogens (tertiary/aromatic N) is 1. The monoisotopic (exact) mass is 258 g/mol. The number of hydrogen-bond donors (Lipinski definition) is 1. The largest absolute Gasteiger partial charge is 0.355 e. The Kier molecular flexibility index (Phi) is 3.13. The molecule has 0 amide bonds. The van der Waals surface area contributed by atoms with Crippen molar-refractivity contribution in [3.8, 4) is 10.6 Å². The highest BCUT2D eigenvalue weighted by Crippen LogP contribution is 2.34. The fourth-order valence-electron chi connectivity index (χ4n) is 1.94. The van der Waals surface area contributed by atoms with E-state index in [9.17, 15) is 0 Å². The third kappa shape index (κ3) is 2.05. The first-order valence-corrected chi connectivity index (χ1v) is 6.83. The van der Waals surface area contributed by atoms with Crippen LogP contribution in [0, 0.1) is 0 Å². The van der Waals surface area contributed by atoms with Crippen molar-refractivity contribution in [2.45, 2.75) is 13.5 Å². The van der Waals surface area contributed by atoms with E-state index >= 15 is 0 Å². The highest BCUT2D eigenvalue weighted by atomic mass is 32.1. The van der Waals surface area contributed by atoms with Crippen molar-refractivity contribution in [2.75, 3.05) is 6.54 Å². The number of benzene rings is 1. The summed E-state index contributed by atoms with van der Waals surface area (Å²) < 4.78 is 6.67. The standard InChI is InChI=1S/C14H14N2OS/c1-2-15-8-11-9-16-17-14(11)13-7-10-5-3-4-6-12(10)18-13/h3-7,9,15H,2,8H2,1H3. The normalized spacial score (nSPS) is 11.2. The van der Waals surface area contributed by atoms with Gasteiger partial charge >= 0.3 is 0 Å². The average Bonchev–Trinajstić information content (AvgIpc) is 3.01. The molecule has 0 spiro atoms. The lowest BCUT2D eigenvalue weighted by molar-refractivity contribution is 0.432. The van der Waals surface area contributed by atoms with Gasteiger partial charge in [-0.3, -0.25) is 0 Å². The summed E-state index contributed by atoms with van der Waals surface area (Å²) in [5.41, 5.74) is 1.11. The average molecular weight is 258 g/mol. The molecule has 3 nitrogen and oxygen atoms in total. The van der Waals surface area contributed by atoms with Crippen LogP contribution in [0.2, 0.25) is 0 Å².